The maximum absolute atomic E-state index is 9.60. The summed E-state index contributed by atoms with van der Waals surface area (Å²) in [5, 5.41) is 9.60. The third kappa shape index (κ3) is 1.68. The van der Waals surface area contributed by atoms with Crippen LogP contribution in [0.2, 0.25) is 0 Å². The Labute approximate surface area is 64.6 Å². The molecule has 0 radical (unpaired) electrons. The van der Waals surface area contributed by atoms with Crippen LogP contribution in [0.1, 0.15) is 32.6 Å². The van der Waals surface area contributed by atoms with Gasteiger partial charge in [0.25, 0.3) is 0 Å². The molecule has 0 aliphatic heterocycles. The molecule has 0 aromatic carbocycles. The van der Waals surface area contributed by atoms with Crippen molar-refractivity contribution in [1.29, 1.82) is 0 Å². The van der Waals surface area contributed by atoms with E-state index in [1.807, 2.05) is 6.92 Å². The second kappa shape index (κ2) is 2.59. The van der Waals surface area contributed by atoms with Crippen molar-refractivity contribution in [2.75, 3.05) is 0 Å². The minimum atomic E-state index is -0.446. The molecule has 9 heavy (non-hydrogen) atoms. The normalized spacial score (nSPS) is 45.0. The molecule has 0 bridgehead atoms. The van der Waals surface area contributed by atoms with Gasteiger partial charge in [-0.15, -0.1) is 0 Å². The van der Waals surface area contributed by atoms with E-state index in [0.29, 0.717) is 4.83 Å². The van der Waals surface area contributed by atoms with Gasteiger partial charge in [0, 0.05) is 4.83 Å². The second-order valence-electron chi connectivity index (χ2n) is 3.07. The van der Waals surface area contributed by atoms with Crippen LogP contribution < -0.4 is 0 Å². The standard InChI is InChI=1S/C7H13BrO/c1-7(9)5-3-2-4-6(7)8/h6,9H,2-5H2,1H3/t6-,7+/m0/s1. The van der Waals surface area contributed by atoms with Gasteiger partial charge in [-0.3, -0.25) is 0 Å². The van der Waals surface area contributed by atoms with Gasteiger partial charge in [-0.25, -0.2) is 0 Å². The van der Waals surface area contributed by atoms with E-state index in [0.717, 1.165) is 12.8 Å². The molecular formula is C7H13BrO. The predicted molar refractivity (Wildman–Crippen MR) is 41.8 cm³/mol. The summed E-state index contributed by atoms with van der Waals surface area (Å²) in [6.45, 7) is 1.91. The molecule has 0 unspecified atom stereocenters. The zero-order chi connectivity index (χ0) is 6.91. The maximum Gasteiger partial charge on any atom is 0.0744 e. The highest BCUT2D eigenvalue weighted by Gasteiger charge is 2.31. The quantitative estimate of drug-likeness (QED) is 0.584. The molecule has 1 rings (SSSR count). The Bertz CT molecular complexity index is 101. The van der Waals surface area contributed by atoms with Crippen molar-refractivity contribution in [2.45, 2.75) is 43.0 Å². The summed E-state index contributed by atoms with van der Waals surface area (Å²) in [5.41, 5.74) is -0.446. The van der Waals surface area contributed by atoms with E-state index >= 15 is 0 Å². The molecule has 1 N–H and O–H groups in total. The molecule has 0 aromatic rings. The maximum atomic E-state index is 9.60. The Hall–Kier alpha value is 0.440. The van der Waals surface area contributed by atoms with Gasteiger partial charge in [0.05, 0.1) is 5.60 Å². The first-order valence-corrected chi connectivity index (χ1v) is 4.41. The van der Waals surface area contributed by atoms with Gasteiger partial charge in [0.1, 0.15) is 0 Å². The largest absolute Gasteiger partial charge is 0.389 e. The number of aliphatic hydroxyl groups is 1. The minimum absolute atomic E-state index is 0.318. The molecule has 0 spiro atoms. The fraction of sp³-hybridized carbons (Fsp3) is 1.00. The van der Waals surface area contributed by atoms with Crippen LogP contribution in [0.5, 0.6) is 0 Å². The van der Waals surface area contributed by atoms with Gasteiger partial charge < -0.3 is 5.11 Å². The van der Waals surface area contributed by atoms with E-state index in [9.17, 15) is 5.11 Å². The molecule has 2 heteroatoms. The van der Waals surface area contributed by atoms with Gasteiger partial charge in [0.15, 0.2) is 0 Å². The number of rotatable bonds is 0. The fourth-order valence-corrected chi connectivity index (χ4v) is 1.83. The molecule has 1 fully saturated rings. The van der Waals surface area contributed by atoms with Crippen LogP contribution in [0.25, 0.3) is 0 Å². The summed E-state index contributed by atoms with van der Waals surface area (Å²) >= 11 is 3.46. The summed E-state index contributed by atoms with van der Waals surface area (Å²) in [6.07, 6.45) is 4.50. The van der Waals surface area contributed by atoms with Crippen molar-refractivity contribution in [3.05, 3.63) is 0 Å². The first-order valence-electron chi connectivity index (χ1n) is 3.49. The van der Waals surface area contributed by atoms with Crippen molar-refractivity contribution >= 4 is 15.9 Å². The van der Waals surface area contributed by atoms with E-state index in [4.69, 9.17) is 0 Å². The summed E-state index contributed by atoms with van der Waals surface area (Å²) in [4.78, 5) is 0.318. The van der Waals surface area contributed by atoms with Crippen LogP contribution in [0.15, 0.2) is 0 Å². The van der Waals surface area contributed by atoms with E-state index in [1.165, 1.54) is 12.8 Å². The van der Waals surface area contributed by atoms with Crippen molar-refractivity contribution in [2.24, 2.45) is 0 Å². The number of hydrogen-bond donors (Lipinski definition) is 1. The molecule has 2 atom stereocenters. The lowest BCUT2D eigenvalue weighted by molar-refractivity contribution is 0.0312. The van der Waals surface area contributed by atoms with Crippen LogP contribution >= 0.6 is 15.9 Å². The van der Waals surface area contributed by atoms with Crippen LogP contribution in [0.4, 0.5) is 0 Å². The lowest BCUT2D eigenvalue weighted by atomic mass is 9.87. The van der Waals surface area contributed by atoms with Crippen LogP contribution in [0, 0.1) is 0 Å². The third-order valence-corrected chi connectivity index (χ3v) is 3.51. The Balaban J connectivity index is 2.49. The molecule has 54 valence electrons. The van der Waals surface area contributed by atoms with E-state index in [1.54, 1.807) is 0 Å². The van der Waals surface area contributed by atoms with Gasteiger partial charge in [-0.2, -0.15) is 0 Å². The Morgan fingerprint density at radius 2 is 2.22 bits per heavy atom. The van der Waals surface area contributed by atoms with E-state index < -0.39 is 5.60 Å². The third-order valence-electron chi connectivity index (χ3n) is 2.07. The Morgan fingerprint density at radius 3 is 2.56 bits per heavy atom. The van der Waals surface area contributed by atoms with Crippen molar-refractivity contribution < 1.29 is 5.11 Å². The molecule has 1 aliphatic rings. The smallest absolute Gasteiger partial charge is 0.0744 e. The van der Waals surface area contributed by atoms with Gasteiger partial charge in [-0.1, -0.05) is 28.8 Å². The highest BCUT2D eigenvalue weighted by molar-refractivity contribution is 9.09. The molecule has 0 saturated heterocycles. The van der Waals surface area contributed by atoms with Crippen molar-refractivity contribution in [1.82, 2.24) is 0 Å². The molecule has 0 aromatic heterocycles. The monoisotopic (exact) mass is 192 g/mol. The SMILES string of the molecule is C[C@@]1(O)CCCC[C@@H]1Br. The zero-order valence-corrected chi connectivity index (χ0v) is 7.32. The van der Waals surface area contributed by atoms with Crippen molar-refractivity contribution in [3.8, 4) is 0 Å². The summed E-state index contributed by atoms with van der Waals surface area (Å²) < 4.78 is 0. The summed E-state index contributed by atoms with van der Waals surface area (Å²) in [6, 6.07) is 0. The van der Waals surface area contributed by atoms with Crippen LogP contribution in [-0.2, 0) is 0 Å². The fourth-order valence-electron chi connectivity index (χ4n) is 1.27. The van der Waals surface area contributed by atoms with Crippen LogP contribution in [0.3, 0.4) is 0 Å². The molecule has 1 saturated carbocycles. The highest BCUT2D eigenvalue weighted by Crippen LogP contribution is 2.32. The molecule has 1 nitrogen and oxygen atoms in total. The average Bonchev–Trinajstić information content (AvgIpc) is 1.77. The lowest BCUT2D eigenvalue weighted by Gasteiger charge is -2.33. The van der Waals surface area contributed by atoms with Crippen molar-refractivity contribution in [3.63, 3.8) is 0 Å². The van der Waals surface area contributed by atoms with Gasteiger partial charge >= 0.3 is 0 Å². The number of hydrogen-bond acceptors (Lipinski definition) is 1. The van der Waals surface area contributed by atoms with E-state index in [2.05, 4.69) is 15.9 Å². The topological polar surface area (TPSA) is 20.2 Å². The van der Waals surface area contributed by atoms with E-state index in [-0.39, 0.29) is 0 Å². The molecule has 0 heterocycles. The minimum Gasteiger partial charge on any atom is -0.389 e. The van der Waals surface area contributed by atoms with Gasteiger partial charge in [-0.05, 0) is 19.8 Å². The Kier molecular flexibility index (Phi) is 2.17. The Morgan fingerprint density at radius 1 is 1.56 bits per heavy atom. The average molecular weight is 193 g/mol. The first kappa shape index (κ1) is 7.55. The number of alkyl halides is 1. The summed E-state index contributed by atoms with van der Waals surface area (Å²) in [5.74, 6) is 0. The predicted octanol–water partition coefficient (Wildman–Crippen LogP) is 2.07. The molecule has 1 aliphatic carbocycles. The summed E-state index contributed by atoms with van der Waals surface area (Å²) in [7, 11) is 0. The highest BCUT2D eigenvalue weighted by atomic mass is 79.9. The number of halogens is 1. The zero-order valence-electron chi connectivity index (χ0n) is 5.73. The lowest BCUT2D eigenvalue weighted by Crippen LogP contribution is -2.37. The first-order chi connectivity index (χ1) is 4.13. The molecule has 0 amide bonds. The second-order valence-corrected chi connectivity index (χ2v) is 4.18. The van der Waals surface area contributed by atoms with Gasteiger partial charge in [0.2, 0.25) is 0 Å². The molecular weight excluding hydrogens is 180 g/mol. The van der Waals surface area contributed by atoms with Crippen LogP contribution in [-0.4, -0.2) is 15.5 Å².